The molecule has 3 rings (SSSR count). The fourth-order valence-electron chi connectivity index (χ4n) is 3.41. The molecule has 178 valence electrons. The lowest BCUT2D eigenvalue weighted by Crippen LogP contribution is -2.40. The molecule has 1 fully saturated rings. The highest BCUT2D eigenvalue weighted by molar-refractivity contribution is 7.52. The molecule has 10 heteroatoms. The highest BCUT2D eigenvalue weighted by atomic mass is 31.2. The molecule has 1 N–H and O–H groups in total. The summed E-state index contributed by atoms with van der Waals surface area (Å²) in [5, 5.41) is 2.67. The molecule has 1 heterocycles. The molecule has 1 aromatic heterocycles. The van der Waals surface area contributed by atoms with Crippen LogP contribution in [0.15, 0.2) is 59.5 Å². The van der Waals surface area contributed by atoms with Crippen LogP contribution in [0.2, 0.25) is 0 Å². The summed E-state index contributed by atoms with van der Waals surface area (Å²) in [6.45, 7) is 10.9. The lowest BCUT2D eigenvalue weighted by Gasteiger charge is -2.39. The molecule has 1 unspecified atom stereocenters. The number of nitrogens with zero attached hydrogens (tertiary/aromatic N) is 2. The van der Waals surface area contributed by atoms with Gasteiger partial charge in [-0.2, -0.15) is 10.1 Å². The minimum atomic E-state index is -3.93. The van der Waals surface area contributed by atoms with Gasteiger partial charge in [0.15, 0.2) is 0 Å². The van der Waals surface area contributed by atoms with E-state index in [4.69, 9.17) is 13.8 Å². The van der Waals surface area contributed by atoms with Crippen LogP contribution in [0.1, 0.15) is 38.9 Å². The maximum absolute atomic E-state index is 13.5. The maximum atomic E-state index is 13.5. The van der Waals surface area contributed by atoms with Gasteiger partial charge in [-0.1, -0.05) is 24.8 Å². The summed E-state index contributed by atoms with van der Waals surface area (Å²) in [4.78, 5) is 28.4. The van der Waals surface area contributed by atoms with E-state index < -0.39 is 19.8 Å². The normalized spacial score (nSPS) is 20.6. The van der Waals surface area contributed by atoms with E-state index >= 15 is 0 Å². The number of hydrogen-bond acceptors (Lipinski definition) is 7. The molecular formula is C23H30N3O6P. The van der Waals surface area contributed by atoms with Gasteiger partial charge in [-0.15, -0.1) is 0 Å². The fourth-order valence-corrected chi connectivity index (χ4v) is 4.94. The second kappa shape index (κ2) is 10.5. The lowest BCUT2D eigenvalue weighted by molar-refractivity contribution is -0.149. The Morgan fingerprint density at radius 3 is 2.58 bits per heavy atom. The number of ether oxygens (including phenoxy) is 1. The summed E-state index contributed by atoms with van der Waals surface area (Å²) in [7, 11) is -3.93. The molecule has 1 aromatic carbocycles. The Balaban J connectivity index is 1.67. The summed E-state index contributed by atoms with van der Waals surface area (Å²) in [6, 6.07) is 9.21. The third kappa shape index (κ3) is 6.41. The maximum Gasteiger partial charge on any atom is 0.459 e. The zero-order valence-electron chi connectivity index (χ0n) is 19.3. The van der Waals surface area contributed by atoms with Gasteiger partial charge in [-0.3, -0.25) is 13.9 Å². The second-order valence-corrected chi connectivity index (χ2v) is 10.0. The summed E-state index contributed by atoms with van der Waals surface area (Å²) in [6.07, 6.45) is 1.97. The molecule has 0 bridgehead atoms. The van der Waals surface area contributed by atoms with Crippen molar-refractivity contribution in [3.8, 4) is 5.75 Å². The number of hydrogen-bond donors (Lipinski definition) is 1. The van der Waals surface area contributed by atoms with Gasteiger partial charge in [0, 0.05) is 17.8 Å². The highest BCUT2D eigenvalue weighted by Crippen LogP contribution is 2.49. The van der Waals surface area contributed by atoms with Crippen molar-refractivity contribution in [1.29, 1.82) is 0 Å². The van der Waals surface area contributed by atoms with E-state index in [0.29, 0.717) is 17.9 Å². The molecule has 4 atom stereocenters. The van der Waals surface area contributed by atoms with Gasteiger partial charge in [0.05, 0.1) is 18.8 Å². The third-order valence-corrected chi connectivity index (χ3v) is 6.88. The number of rotatable bonds is 10. The molecule has 0 spiro atoms. The standard InChI is InChI=1S/C23H30N3O6P/c1-15(2)31-22(27)18(5)25-33(29,32-20-9-7-6-8-10-20)30-14-19-13-21(17(19)4)26-12-11-16(3)24-23(26)28/h6-12,15,18-19,21H,4,13-14H2,1-3,5H3,(H,25,29)/t18-,19-,21-,33?/m0/s1. The van der Waals surface area contributed by atoms with Crippen LogP contribution in [-0.4, -0.2) is 34.3 Å². The largest absolute Gasteiger partial charge is 0.462 e. The van der Waals surface area contributed by atoms with Crippen molar-refractivity contribution < 1.29 is 23.1 Å². The Morgan fingerprint density at radius 1 is 1.27 bits per heavy atom. The van der Waals surface area contributed by atoms with Crippen molar-refractivity contribution in [2.45, 2.75) is 52.3 Å². The molecule has 0 saturated heterocycles. The first-order chi connectivity index (χ1) is 15.6. The Morgan fingerprint density at radius 2 is 1.97 bits per heavy atom. The van der Waals surface area contributed by atoms with Gasteiger partial charge < -0.3 is 9.26 Å². The van der Waals surface area contributed by atoms with Crippen LogP contribution in [0.5, 0.6) is 5.75 Å². The Labute approximate surface area is 193 Å². The number of para-hydroxylation sites is 1. The first-order valence-corrected chi connectivity index (χ1v) is 12.3. The number of carbonyl (C=O) groups excluding carboxylic acids is 1. The number of aromatic nitrogens is 2. The molecule has 1 aliphatic carbocycles. The van der Waals surface area contributed by atoms with Crippen LogP contribution in [0.3, 0.4) is 0 Å². The first-order valence-electron chi connectivity index (χ1n) is 10.8. The van der Waals surface area contributed by atoms with Gasteiger partial charge in [0.2, 0.25) is 0 Å². The van der Waals surface area contributed by atoms with Gasteiger partial charge in [-0.25, -0.2) is 9.36 Å². The molecule has 0 radical (unpaired) electrons. The highest BCUT2D eigenvalue weighted by Gasteiger charge is 2.39. The van der Waals surface area contributed by atoms with Gasteiger partial charge in [0.1, 0.15) is 11.8 Å². The number of aryl methyl sites for hydroxylation is 1. The molecule has 33 heavy (non-hydrogen) atoms. The minimum absolute atomic E-state index is 0.0480. The van der Waals surface area contributed by atoms with Gasteiger partial charge in [-0.05, 0) is 57.9 Å². The predicted molar refractivity (Wildman–Crippen MR) is 124 cm³/mol. The summed E-state index contributed by atoms with van der Waals surface area (Å²) in [5.74, 6) is -0.360. The van der Waals surface area contributed by atoms with Crippen molar-refractivity contribution in [2.24, 2.45) is 5.92 Å². The monoisotopic (exact) mass is 475 g/mol. The topological polar surface area (TPSA) is 109 Å². The molecule has 1 saturated carbocycles. The first kappa shape index (κ1) is 24.9. The summed E-state index contributed by atoms with van der Waals surface area (Å²) >= 11 is 0. The van der Waals surface area contributed by atoms with E-state index in [-0.39, 0.29) is 30.4 Å². The van der Waals surface area contributed by atoms with Crippen molar-refractivity contribution >= 4 is 13.7 Å². The van der Waals surface area contributed by atoms with Crippen LogP contribution in [0, 0.1) is 12.8 Å². The van der Waals surface area contributed by atoms with Crippen molar-refractivity contribution in [3.05, 3.63) is 70.9 Å². The van der Waals surface area contributed by atoms with Crippen LogP contribution in [-0.2, 0) is 18.6 Å². The van der Waals surface area contributed by atoms with Crippen LogP contribution in [0.4, 0.5) is 0 Å². The average Bonchev–Trinajstić information content (AvgIpc) is 2.74. The number of nitrogens with one attached hydrogen (secondary N) is 1. The van der Waals surface area contributed by atoms with E-state index in [1.165, 1.54) is 11.5 Å². The molecule has 0 aliphatic heterocycles. The second-order valence-electron chi connectivity index (χ2n) is 8.32. The summed E-state index contributed by atoms with van der Waals surface area (Å²) in [5.41, 5.74) is 1.09. The van der Waals surface area contributed by atoms with E-state index in [0.717, 1.165) is 5.57 Å². The van der Waals surface area contributed by atoms with Crippen molar-refractivity contribution in [1.82, 2.24) is 14.6 Å². The Kier molecular flexibility index (Phi) is 7.89. The summed E-state index contributed by atoms with van der Waals surface area (Å²) < 4.78 is 31.6. The zero-order valence-corrected chi connectivity index (χ0v) is 20.2. The molecule has 0 amide bonds. The fraction of sp³-hybridized carbons (Fsp3) is 0.435. The number of benzene rings is 1. The van der Waals surface area contributed by atoms with E-state index in [1.54, 1.807) is 63.4 Å². The third-order valence-electron chi connectivity index (χ3n) is 5.24. The average molecular weight is 475 g/mol. The Hall–Kier alpha value is -2.74. The molecule has 2 aromatic rings. The quantitative estimate of drug-likeness (QED) is 0.314. The lowest BCUT2D eigenvalue weighted by atomic mass is 9.76. The SMILES string of the molecule is C=C1[C@H](COP(=O)(N[C@@H](C)C(=O)OC(C)C)Oc2ccccc2)C[C@@H]1n1ccc(C)nc1=O. The van der Waals surface area contributed by atoms with Gasteiger partial charge >= 0.3 is 19.4 Å². The predicted octanol–water partition coefficient (Wildman–Crippen LogP) is 3.80. The van der Waals surface area contributed by atoms with E-state index in [9.17, 15) is 14.2 Å². The molecule has 1 aliphatic rings. The molecular weight excluding hydrogens is 445 g/mol. The minimum Gasteiger partial charge on any atom is -0.462 e. The number of esters is 1. The zero-order chi connectivity index (χ0) is 24.2. The number of carbonyl (C=O) groups is 1. The van der Waals surface area contributed by atoms with Crippen LogP contribution >= 0.6 is 7.75 Å². The van der Waals surface area contributed by atoms with Gasteiger partial charge in [0.25, 0.3) is 0 Å². The molecule has 9 nitrogen and oxygen atoms in total. The van der Waals surface area contributed by atoms with Crippen molar-refractivity contribution in [3.63, 3.8) is 0 Å². The van der Waals surface area contributed by atoms with Crippen molar-refractivity contribution in [2.75, 3.05) is 6.61 Å². The van der Waals surface area contributed by atoms with Crippen LogP contribution < -0.4 is 15.3 Å². The van der Waals surface area contributed by atoms with E-state index in [1.807, 2.05) is 0 Å². The smallest absolute Gasteiger partial charge is 0.459 e. The van der Waals surface area contributed by atoms with E-state index in [2.05, 4.69) is 16.7 Å². The Bertz CT molecular complexity index is 1100. The van der Waals surface area contributed by atoms with Crippen LogP contribution in [0.25, 0.3) is 0 Å².